The molecule has 10 heteroatoms. The first kappa shape index (κ1) is 24.2. The second kappa shape index (κ2) is 9.62. The Morgan fingerprint density at radius 3 is 2.33 bits per heavy atom. The SMILES string of the molecule is Cc1cccc(C(=O)N2CCN(C(=O)OC(C)(C)C)CC2)c1NC1=CC(=O)N(CCO)C1=O. The van der Waals surface area contributed by atoms with Crippen molar-refractivity contribution in [3.63, 3.8) is 0 Å². The van der Waals surface area contributed by atoms with Crippen LogP contribution in [0.25, 0.3) is 0 Å². The number of ether oxygens (including phenoxy) is 1. The topological polar surface area (TPSA) is 119 Å². The van der Waals surface area contributed by atoms with E-state index in [2.05, 4.69) is 5.32 Å². The van der Waals surface area contributed by atoms with E-state index in [-0.39, 0.29) is 24.8 Å². The number of hydrogen-bond acceptors (Lipinski definition) is 7. The average molecular weight is 459 g/mol. The monoisotopic (exact) mass is 458 g/mol. The van der Waals surface area contributed by atoms with Crippen LogP contribution in [0.2, 0.25) is 0 Å². The van der Waals surface area contributed by atoms with Gasteiger partial charge in [-0.3, -0.25) is 19.3 Å². The smallest absolute Gasteiger partial charge is 0.410 e. The highest BCUT2D eigenvalue weighted by Crippen LogP contribution is 2.26. The molecule has 1 aromatic carbocycles. The minimum atomic E-state index is -0.591. The highest BCUT2D eigenvalue weighted by molar-refractivity contribution is 6.18. The first-order valence-corrected chi connectivity index (χ1v) is 10.8. The van der Waals surface area contributed by atoms with Crippen molar-refractivity contribution in [1.29, 1.82) is 0 Å². The number of hydrogen-bond donors (Lipinski definition) is 2. The summed E-state index contributed by atoms with van der Waals surface area (Å²) >= 11 is 0. The number of benzene rings is 1. The summed E-state index contributed by atoms with van der Waals surface area (Å²) in [4.78, 5) is 54.3. The van der Waals surface area contributed by atoms with Gasteiger partial charge in [0.05, 0.1) is 24.4 Å². The van der Waals surface area contributed by atoms with Crippen LogP contribution in [-0.4, -0.2) is 88.6 Å². The molecule has 1 fully saturated rings. The minimum absolute atomic E-state index is 0.0477. The quantitative estimate of drug-likeness (QED) is 0.639. The summed E-state index contributed by atoms with van der Waals surface area (Å²) in [7, 11) is 0. The number of nitrogens with one attached hydrogen (secondary N) is 1. The van der Waals surface area contributed by atoms with Gasteiger partial charge in [-0.15, -0.1) is 0 Å². The maximum Gasteiger partial charge on any atom is 0.410 e. The van der Waals surface area contributed by atoms with Crippen molar-refractivity contribution in [2.75, 3.05) is 44.6 Å². The zero-order valence-electron chi connectivity index (χ0n) is 19.4. The van der Waals surface area contributed by atoms with Gasteiger partial charge in [-0.25, -0.2) is 4.79 Å². The first-order chi connectivity index (χ1) is 15.5. The van der Waals surface area contributed by atoms with E-state index in [0.29, 0.717) is 37.4 Å². The maximum atomic E-state index is 13.3. The van der Waals surface area contributed by atoms with Crippen LogP contribution >= 0.6 is 0 Å². The molecule has 4 amide bonds. The van der Waals surface area contributed by atoms with Crippen molar-refractivity contribution in [3.8, 4) is 0 Å². The van der Waals surface area contributed by atoms with Crippen molar-refractivity contribution in [3.05, 3.63) is 41.1 Å². The number of β-amino-alcohol motifs (C(OH)–C–C–N with tert-alkyl or cyclic N) is 1. The zero-order chi connectivity index (χ0) is 24.3. The van der Waals surface area contributed by atoms with Crippen LogP contribution in [0.15, 0.2) is 30.0 Å². The predicted molar refractivity (Wildman–Crippen MR) is 120 cm³/mol. The molecule has 0 unspecified atom stereocenters. The fourth-order valence-electron chi connectivity index (χ4n) is 3.65. The molecule has 0 spiro atoms. The second-order valence-corrected chi connectivity index (χ2v) is 8.96. The van der Waals surface area contributed by atoms with Crippen LogP contribution in [0, 0.1) is 6.92 Å². The van der Waals surface area contributed by atoms with Crippen molar-refractivity contribution in [1.82, 2.24) is 14.7 Å². The van der Waals surface area contributed by atoms with Gasteiger partial charge < -0.3 is 25.0 Å². The zero-order valence-corrected chi connectivity index (χ0v) is 19.4. The van der Waals surface area contributed by atoms with E-state index in [1.54, 1.807) is 55.7 Å². The Morgan fingerprint density at radius 1 is 1.09 bits per heavy atom. The normalized spacial score (nSPS) is 16.8. The first-order valence-electron chi connectivity index (χ1n) is 10.8. The van der Waals surface area contributed by atoms with Gasteiger partial charge in [0.2, 0.25) is 0 Å². The molecule has 0 aliphatic carbocycles. The van der Waals surface area contributed by atoms with Crippen LogP contribution in [0.1, 0.15) is 36.7 Å². The average Bonchev–Trinajstić information content (AvgIpc) is 3.01. The van der Waals surface area contributed by atoms with Crippen LogP contribution in [0.3, 0.4) is 0 Å². The molecule has 3 rings (SSSR count). The molecular weight excluding hydrogens is 428 g/mol. The number of piperazine rings is 1. The summed E-state index contributed by atoms with van der Waals surface area (Å²) in [6.07, 6.45) is 0.759. The van der Waals surface area contributed by atoms with E-state index in [4.69, 9.17) is 9.84 Å². The highest BCUT2D eigenvalue weighted by atomic mass is 16.6. The molecule has 0 bridgehead atoms. The summed E-state index contributed by atoms with van der Waals surface area (Å²) in [6.45, 7) is 8.17. The largest absolute Gasteiger partial charge is 0.444 e. The summed E-state index contributed by atoms with van der Waals surface area (Å²) in [5, 5.41) is 12.0. The second-order valence-electron chi connectivity index (χ2n) is 8.96. The Bertz CT molecular complexity index is 989. The number of aryl methyl sites for hydroxylation is 1. The molecule has 0 saturated carbocycles. The third kappa shape index (κ3) is 5.51. The number of aliphatic hydroxyl groups is 1. The van der Waals surface area contributed by atoms with Gasteiger partial charge in [-0.05, 0) is 39.3 Å². The number of nitrogens with zero attached hydrogens (tertiary/aromatic N) is 3. The summed E-state index contributed by atoms with van der Waals surface area (Å²) < 4.78 is 5.40. The minimum Gasteiger partial charge on any atom is -0.444 e. The third-order valence-electron chi connectivity index (χ3n) is 5.31. The van der Waals surface area contributed by atoms with E-state index < -0.39 is 23.5 Å². The molecule has 1 saturated heterocycles. The van der Waals surface area contributed by atoms with Crippen LogP contribution in [-0.2, 0) is 14.3 Å². The lowest BCUT2D eigenvalue weighted by Gasteiger charge is -2.36. The number of imide groups is 1. The predicted octanol–water partition coefficient (Wildman–Crippen LogP) is 1.34. The van der Waals surface area contributed by atoms with E-state index in [9.17, 15) is 19.2 Å². The van der Waals surface area contributed by atoms with Gasteiger partial charge in [0, 0.05) is 32.3 Å². The number of aliphatic hydroxyl groups excluding tert-OH is 1. The molecule has 2 heterocycles. The molecule has 10 nitrogen and oxygen atoms in total. The number of amides is 4. The molecule has 0 atom stereocenters. The summed E-state index contributed by atoms with van der Waals surface area (Å²) in [6, 6.07) is 5.21. The van der Waals surface area contributed by atoms with Gasteiger partial charge in [0.1, 0.15) is 11.3 Å². The molecule has 33 heavy (non-hydrogen) atoms. The van der Waals surface area contributed by atoms with Crippen molar-refractivity contribution in [2.24, 2.45) is 0 Å². The summed E-state index contributed by atoms with van der Waals surface area (Å²) in [5.74, 6) is -1.31. The molecule has 178 valence electrons. The Labute approximate surface area is 192 Å². The van der Waals surface area contributed by atoms with Gasteiger partial charge in [-0.2, -0.15) is 0 Å². The van der Waals surface area contributed by atoms with E-state index in [0.717, 1.165) is 16.5 Å². The Balaban J connectivity index is 1.72. The Hall–Kier alpha value is -3.40. The third-order valence-corrected chi connectivity index (χ3v) is 5.31. The standard InChI is InChI=1S/C23H30N4O6/c1-15-6-5-7-16(19(15)24-17-14-18(29)27(12-13-28)21(17)31)20(30)25-8-10-26(11-9-25)22(32)33-23(2,3)4/h5-7,14,24,28H,8-13H2,1-4H3. The van der Waals surface area contributed by atoms with Crippen molar-refractivity contribution in [2.45, 2.75) is 33.3 Å². The number of carbonyl (C=O) groups is 4. The molecule has 2 aliphatic heterocycles. The van der Waals surface area contributed by atoms with Crippen LogP contribution < -0.4 is 5.32 Å². The van der Waals surface area contributed by atoms with Crippen molar-refractivity contribution < 1.29 is 29.0 Å². The van der Waals surface area contributed by atoms with Gasteiger partial charge >= 0.3 is 6.09 Å². The molecule has 2 aliphatic rings. The van der Waals surface area contributed by atoms with Gasteiger partial charge in [-0.1, -0.05) is 12.1 Å². The lowest BCUT2D eigenvalue weighted by molar-refractivity contribution is -0.137. The summed E-state index contributed by atoms with van der Waals surface area (Å²) in [5.41, 5.74) is 0.992. The number of carbonyl (C=O) groups excluding carboxylic acids is 4. The lowest BCUT2D eigenvalue weighted by atomic mass is 10.1. The van der Waals surface area contributed by atoms with Gasteiger partial charge in [0.25, 0.3) is 17.7 Å². The Kier molecular flexibility index (Phi) is 7.06. The molecule has 1 aromatic rings. The van der Waals surface area contributed by atoms with Crippen LogP contribution in [0.4, 0.5) is 10.5 Å². The molecular formula is C23H30N4O6. The fourth-order valence-corrected chi connectivity index (χ4v) is 3.65. The van der Waals surface area contributed by atoms with E-state index in [1.807, 2.05) is 0 Å². The van der Waals surface area contributed by atoms with Gasteiger partial charge in [0.15, 0.2) is 0 Å². The molecule has 0 radical (unpaired) electrons. The fraction of sp³-hybridized carbons (Fsp3) is 0.478. The van der Waals surface area contributed by atoms with E-state index in [1.165, 1.54) is 0 Å². The number of para-hydroxylation sites is 1. The number of rotatable bonds is 5. The Morgan fingerprint density at radius 2 is 1.73 bits per heavy atom. The number of anilines is 1. The maximum absolute atomic E-state index is 13.3. The van der Waals surface area contributed by atoms with Crippen molar-refractivity contribution >= 4 is 29.5 Å². The highest BCUT2D eigenvalue weighted by Gasteiger charge is 2.33. The van der Waals surface area contributed by atoms with E-state index >= 15 is 0 Å². The molecule has 2 N–H and O–H groups in total. The van der Waals surface area contributed by atoms with Crippen LogP contribution in [0.5, 0.6) is 0 Å². The lowest BCUT2D eigenvalue weighted by Crippen LogP contribution is -2.51. The molecule has 0 aromatic heterocycles.